The lowest BCUT2D eigenvalue weighted by Gasteiger charge is -2.44. The SMILES string of the molecule is CC(C)(C)N(C(=O)O)[C@@H]1CCCN(c2nc(Cl)nc3c2CCCC3)C1. The predicted octanol–water partition coefficient (Wildman–Crippen LogP) is 3.76. The standard InChI is InChI=1S/C18H27ClN4O2/c1-18(2,3)23(17(24)25)12-7-6-10-22(11-12)15-13-8-4-5-9-14(13)20-16(19)21-15/h12H,4-11H2,1-3H3,(H,24,25)/t12-/m1/s1. The van der Waals surface area contributed by atoms with E-state index >= 15 is 0 Å². The molecule has 0 radical (unpaired) electrons. The first-order valence-corrected chi connectivity index (χ1v) is 9.47. The summed E-state index contributed by atoms with van der Waals surface area (Å²) in [5, 5.41) is 10.0. The van der Waals surface area contributed by atoms with Gasteiger partial charge < -0.3 is 10.0 Å². The zero-order valence-electron chi connectivity index (χ0n) is 15.3. The summed E-state index contributed by atoms with van der Waals surface area (Å²) in [4.78, 5) is 24.6. The van der Waals surface area contributed by atoms with Gasteiger partial charge in [0.05, 0.1) is 11.7 Å². The minimum Gasteiger partial charge on any atom is -0.465 e. The number of anilines is 1. The second kappa shape index (κ2) is 6.98. The summed E-state index contributed by atoms with van der Waals surface area (Å²) < 4.78 is 0. The summed E-state index contributed by atoms with van der Waals surface area (Å²) in [6.07, 6.45) is 5.17. The number of piperidine rings is 1. The molecule has 0 unspecified atom stereocenters. The van der Waals surface area contributed by atoms with E-state index < -0.39 is 11.6 Å². The molecular formula is C18H27ClN4O2. The van der Waals surface area contributed by atoms with Crippen LogP contribution in [0, 0.1) is 0 Å². The third-order valence-corrected chi connectivity index (χ3v) is 5.29. The van der Waals surface area contributed by atoms with Crippen LogP contribution in [0.25, 0.3) is 0 Å². The number of carboxylic acid groups (broad SMARTS) is 1. The monoisotopic (exact) mass is 366 g/mol. The Morgan fingerprint density at radius 1 is 1.24 bits per heavy atom. The molecule has 0 aromatic carbocycles. The fraction of sp³-hybridized carbons (Fsp3) is 0.722. The van der Waals surface area contributed by atoms with E-state index in [4.69, 9.17) is 11.6 Å². The summed E-state index contributed by atoms with van der Waals surface area (Å²) in [7, 11) is 0. The molecule has 0 bridgehead atoms. The van der Waals surface area contributed by atoms with E-state index in [1.807, 2.05) is 20.8 Å². The lowest BCUT2D eigenvalue weighted by Crippen LogP contribution is -2.57. The summed E-state index contributed by atoms with van der Waals surface area (Å²) in [6.45, 7) is 7.38. The van der Waals surface area contributed by atoms with E-state index in [9.17, 15) is 9.90 Å². The Labute approximate surface area is 154 Å². The van der Waals surface area contributed by atoms with Crippen molar-refractivity contribution in [2.45, 2.75) is 70.9 Å². The minimum atomic E-state index is -0.859. The molecule has 2 aliphatic rings. The second-order valence-corrected chi connectivity index (χ2v) is 8.35. The maximum atomic E-state index is 11.8. The van der Waals surface area contributed by atoms with Crippen LogP contribution in [0.1, 0.15) is 57.7 Å². The number of fused-ring (bicyclic) bond motifs is 1. The predicted molar refractivity (Wildman–Crippen MR) is 98.5 cm³/mol. The van der Waals surface area contributed by atoms with E-state index in [1.54, 1.807) is 4.90 Å². The fourth-order valence-electron chi connectivity index (χ4n) is 4.16. The highest BCUT2D eigenvalue weighted by atomic mass is 35.5. The Balaban J connectivity index is 1.89. The molecule has 3 rings (SSSR count). The van der Waals surface area contributed by atoms with Gasteiger partial charge in [0, 0.05) is 24.2 Å². The van der Waals surface area contributed by atoms with Crippen LogP contribution in [-0.4, -0.2) is 50.7 Å². The molecule has 1 amide bonds. The Morgan fingerprint density at radius 2 is 1.96 bits per heavy atom. The number of hydrogen-bond acceptors (Lipinski definition) is 4. The van der Waals surface area contributed by atoms with Gasteiger partial charge in [-0.1, -0.05) is 0 Å². The smallest absolute Gasteiger partial charge is 0.408 e. The Kier molecular flexibility index (Phi) is 5.09. The van der Waals surface area contributed by atoms with Crippen LogP contribution in [0.3, 0.4) is 0 Å². The normalized spacial score (nSPS) is 21.0. The summed E-state index contributed by atoms with van der Waals surface area (Å²) >= 11 is 6.17. The quantitative estimate of drug-likeness (QED) is 0.807. The van der Waals surface area contributed by atoms with Crippen molar-refractivity contribution in [1.82, 2.24) is 14.9 Å². The Morgan fingerprint density at radius 3 is 2.64 bits per heavy atom. The first-order chi connectivity index (χ1) is 11.8. The van der Waals surface area contributed by atoms with Gasteiger partial charge in [0.15, 0.2) is 0 Å². The van der Waals surface area contributed by atoms with Crippen LogP contribution in [-0.2, 0) is 12.8 Å². The lowest BCUT2D eigenvalue weighted by molar-refractivity contribution is 0.0647. The molecule has 25 heavy (non-hydrogen) atoms. The zero-order chi connectivity index (χ0) is 18.2. The molecule has 1 fully saturated rings. The number of aromatic nitrogens is 2. The minimum absolute atomic E-state index is 0.0424. The summed E-state index contributed by atoms with van der Waals surface area (Å²) in [5.41, 5.74) is 1.84. The third kappa shape index (κ3) is 3.84. The number of nitrogens with zero attached hydrogens (tertiary/aromatic N) is 4. The summed E-state index contributed by atoms with van der Waals surface area (Å²) in [5.74, 6) is 0.915. The molecule has 6 nitrogen and oxygen atoms in total. The van der Waals surface area contributed by atoms with Gasteiger partial charge in [-0.25, -0.2) is 14.8 Å². The second-order valence-electron chi connectivity index (χ2n) is 8.01. The molecule has 0 saturated carbocycles. The maximum absolute atomic E-state index is 11.8. The number of hydrogen-bond donors (Lipinski definition) is 1. The van der Waals surface area contributed by atoms with E-state index in [0.717, 1.165) is 56.6 Å². The van der Waals surface area contributed by atoms with Gasteiger partial charge in [0.1, 0.15) is 5.82 Å². The van der Waals surface area contributed by atoms with Crippen LogP contribution in [0.4, 0.5) is 10.6 Å². The van der Waals surface area contributed by atoms with E-state index in [-0.39, 0.29) is 6.04 Å². The zero-order valence-corrected chi connectivity index (χ0v) is 16.0. The Hall–Kier alpha value is -1.56. The van der Waals surface area contributed by atoms with Crippen molar-refractivity contribution in [1.29, 1.82) is 0 Å². The number of halogens is 1. The topological polar surface area (TPSA) is 69.6 Å². The van der Waals surface area contributed by atoms with Crippen LogP contribution >= 0.6 is 11.6 Å². The molecule has 1 N–H and O–H groups in total. The third-order valence-electron chi connectivity index (χ3n) is 5.12. The van der Waals surface area contributed by atoms with Crippen molar-refractivity contribution in [3.8, 4) is 0 Å². The van der Waals surface area contributed by atoms with Crippen molar-refractivity contribution >= 4 is 23.5 Å². The molecule has 0 spiro atoms. The van der Waals surface area contributed by atoms with E-state index in [0.29, 0.717) is 11.8 Å². The molecule has 1 aliphatic heterocycles. The number of aryl methyl sites for hydroxylation is 1. The number of amides is 1. The Bertz CT molecular complexity index is 659. The molecule has 1 aromatic rings. The average molecular weight is 367 g/mol. The highest BCUT2D eigenvalue weighted by molar-refractivity contribution is 6.28. The number of carbonyl (C=O) groups is 1. The van der Waals surface area contributed by atoms with Crippen molar-refractivity contribution in [3.05, 3.63) is 16.5 Å². The van der Waals surface area contributed by atoms with Crippen molar-refractivity contribution in [2.75, 3.05) is 18.0 Å². The summed E-state index contributed by atoms with van der Waals surface area (Å²) in [6, 6.07) is -0.0424. The van der Waals surface area contributed by atoms with Crippen LogP contribution < -0.4 is 4.90 Å². The largest absolute Gasteiger partial charge is 0.465 e. The molecule has 7 heteroatoms. The van der Waals surface area contributed by atoms with Gasteiger partial charge in [0.2, 0.25) is 5.28 Å². The highest BCUT2D eigenvalue weighted by Gasteiger charge is 2.36. The first-order valence-electron chi connectivity index (χ1n) is 9.10. The molecule has 2 heterocycles. The van der Waals surface area contributed by atoms with E-state index in [2.05, 4.69) is 14.9 Å². The molecular weight excluding hydrogens is 340 g/mol. The van der Waals surface area contributed by atoms with E-state index in [1.165, 1.54) is 5.56 Å². The van der Waals surface area contributed by atoms with Crippen LogP contribution in [0.15, 0.2) is 0 Å². The highest BCUT2D eigenvalue weighted by Crippen LogP contribution is 2.32. The van der Waals surface area contributed by atoms with Gasteiger partial charge >= 0.3 is 6.09 Å². The van der Waals surface area contributed by atoms with Crippen molar-refractivity contribution in [2.24, 2.45) is 0 Å². The lowest BCUT2D eigenvalue weighted by atomic mass is 9.94. The van der Waals surface area contributed by atoms with Gasteiger partial charge in [-0.2, -0.15) is 0 Å². The maximum Gasteiger partial charge on any atom is 0.408 e. The molecule has 1 aromatic heterocycles. The van der Waals surface area contributed by atoms with Crippen LogP contribution in [0.5, 0.6) is 0 Å². The van der Waals surface area contributed by atoms with Crippen LogP contribution in [0.2, 0.25) is 5.28 Å². The van der Waals surface area contributed by atoms with Gasteiger partial charge in [-0.15, -0.1) is 0 Å². The van der Waals surface area contributed by atoms with Crippen molar-refractivity contribution in [3.63, 3.8) is 0 Å². The molecule has 138 valence electrons. The fourth-order valence-corrected chi connectivity index (χ4v) is 4.34. The first kappa shape index (κ1) is 18.2. The van der Waals surface area contributed by atoms with Gasteiger partial charge in [0.25, 0.3) is 0 Å². The van der Waals surface area contributed by atoms with Gasteiger partial charge in [-0.3, -0.25) is 4.90 Å². The average Bonchev–Trinajstić information content (AvgIpc) is 2.52. The molecule has 1 saturated heterocycles. The van der Waals surface area contributed by atoms with Crippen molar-refractivity contribution < 1.29 is 9.90 Å². The number of rotatable bonds is 2. The molecule has 1 aliphatic carbocycles. The molecule has 1 atom stereocenters. The van der Waals surface area contributed by atoms with Gasteiger partial charge in [-0.05, 0) is 70.9 Å².